The van der Waals surface area contributed by atoms with Crippen molar-refractivity contribution in [3.63, 3.8) is 0 Å². The maximum Gasteiger partial charge on any atom is 0.232 e. The molecule has 7 heteroatoms. The summed E-state index contributed by atoms with van der Waals surface area (Å²) in [5.74, 6) is 2.17. The van der Waals surface area contributed by atoms with Crippen LogP contribution in [0.15, 0.2) is 0 Å². The summed E-state index contributed by atoms with van der Waals surface area (Å²) in [6.45, 7) is 5.26. The Labute approximate surface area is 118 Å². The fourth-order valence-electron chi connectivity index (χ4n) is 2.88. The summed E-state index contributed by atoms with van der Waals surface area (Å²) in [5.41, 5.74) is 5.81. The van der Waals surface area contributed by atoms with E-state index in [0.717, 1.165) is 13.1 Å². The quantitative estimate of drug-likeness (QED) is 0.848. The zero-order chi connectivity index (χ0) is 13.9. The Morgan fingerprint density at radius 2 is 2.00 bits per heavy atom. The van der Waals surface area contributed by atoms with Gasteiger partial charge in [0, 0.05) is 19.1 Å². The molecule has 2 unspecified atom stereocenters. The summed E-state index contributed by atoms with van der Waals surface area (Å²) >= 11 is 0. The zero-order valence-electron chi connectivity index (χ0n) is 11.9. The molecule has 0 amide bonds. The lowest BCUT2D eigenvalue weighted by Gasteiger charge is -2.27. The van der Waals surface area contributed by atoms with Gasteiger partial charge in [-0.2, -0.15) is 15.0 Å². The number of morpholine rings is 1. The Morgan fingerprint density at radius 1 is 1.20 bits per heavy atom. The Bertz CT molecular complexity index is 462. The number of rotatable bonds is 3. The summed E-state index contributed by atoms with van der Waals surface area (Å²) < 4.78 is 5.34. The molecular weight excluding hydrogens is 256 g/mol. The minimum atomic E-state index is 0.273. The smallest absolute Gasteiger partial charge is 0.232 e. The van der Waals surface area contributed by atoms with E-state index in [9.17, 15) is 0 Å². The third-order valence-electron chi connectivity index (χ3n) is 4.11. The number of anilines is 3. The lowest BCUT2D eigenvalue weighted by atomic mass is 10.1. The van der Waals surface area contributed by atoms with Crippen LogP contribution in [0.25, 0.3) is 0 Å². The van der Waals surface area contributed by atoms with Gasteiger partial charge < -0.3 is 20.7 Å². The first-order valence-corrected chi connectivity index (χ1v) is 7.33. The van der Waals surface area contributed by atoms with E-state index in [1.807, 2.05) is 0 Å². The molecule has 1 aromatic rings. The van der Waals surface area contributed by atoms with Crippen molar-refractivity contribution in [1.29, 1.82) is 0 Å². The number of hydrogen-bond acceptors (Lipinski definition) is 7. The molecule has 1 aromatic heterocycles. The number of nitrogen functional groups attached to an aromatic ring is 1. The molecule has 1 aliphatic carbocycles. The summed E-state index contributed by atoms with van der Waals surface area (Å²) in [6, 6.07) is 0.439. The molecule has 2 heterocycles. The molecular formula is C13H22N6O. The number of aromatic nitrogens is 3. The van der Waals surface area contributed by atoms with E-state index < -0.39 is 0 Å². The third kappa shape index (κ3) is 2.92. The highest BCUT2D eigenvalue weighted by atomic mass is 16.5. The average molecular weight is 278 g/mol. The van der Waals surface area contributed by atoms with Crippen LogP contribution >= 0.6 is 0 Å². The molecule has 2 fully saturated rings. The molecule has 2 aliphatic rings. The van der Waals surface area contributed by atoms with E-state index in [1.165, 1.54) is 19.3 Å². The van der Waals surface area contributed by atoms with Gasteiger partial charge in [-0.25, -0.2) is 0 Å². The fourth-order valence-corrected chi connectivity index (χ4v) is 2.88. The highest BCUT2D eigenvalue weighted by molar-refractivity contribution is 5.42. The Kier molecular flexibility index (Phi) is 3.86. The first-order chi connectivity index (χ1) is 9.72. The zero-order valence-corrected chi connectivity index (χ0v) is 11.9. The molecule has 0 aromatic carbocycles. The van der Waals surface area contributed by atoms with Crippen molar-refractivity contribution in [2.45, 2.75) is 32.2 Å². The van der Waals surface area contributed by atoms with E-state index >= 15 is 0 Å². The van der Waals surface area contributed by atoms with Crippen LogP contribution < -0.4 is 16.0 Å². The van der Waals surface area contributed by atoms with Crippen LogP contribution in [0.3, 0.4) is 0 Å². The molecule has 3 N–H and O–H groups in total. The summed E-state index contributed by atoms with van der Waals surface area (Å²) in [4.78, 5) is 15.1. The highest BCUT2D eigenvalue weighted by Gasteiger charge is 2.24. The second kappa shape index (κ2) is 5.78. The molecule has 3 rings (SSSR count). The van der Waals surface area contributed by atoms with Crippen LogP contribution in [0, 0.1) is 5.92 Å². The van der Waals surface area contributed by atoms with Gasteiger partial charge >= 0.3 is 0 Å². The normalized spacial score (nSPS) is 26.8. The maximum absolute atomic E-state index is 5.81. The number of hydrogen-bond donors (Lipinski definition) is 2. The number of ether oxygens (including phenoxy) is 1. The van der Waals surface area contributed by atoms with E-state index in [4.69, 9.17) is 10.5 Å². The van der Waals surface area contributed by atoms with Gasteiger partial charge in [0.05, 0.1) is 13.2 Å². The summed E-state index contributed by atoms with van der Waals surface area (Å²) in [7, 11) is 0. The largest absolute Gasteiger partial charge is 0.378 e. The Morgan fingerprint density at radius 3 is 2.70 bits per heavy atom. The van der Waals surface area contributed by atoms with Crippen LogP contribution in [0.2, 0.25) is 0 Å². The highest BCUT2D eigenvalue weighted by Crippen LogP contribution is 2.27. The van der Waals surface area contributed by atoms with Gasteiger partial charge in [-0.3, -0.25) is 0 Å². The second-order valence-corrected chi connectivity index (χ2v) is 5.58. The molecule has 2 atom stereocenters. The van der Waals surface area contributed by atoms with E-state index in [0.29, 0.717) is 37.1 Å². The first-order valence-electron chi connectivity index (χ1n) is 7.33. The lowest BCUT2D eigenvalue weighted by Crippen LogP contribution is -2.37. The molecule has 0 bridgehead atoms. The topological polar surface area (TPSA) is 89.2 Å². The number of nitrogens with zero attached hydrogens (tertiary/aromatic N) is 4. The third-order valence-corrected chi connectivity index (χ3v) is 4.11. The predicted molar refractivity (Wildman–Crippen MR) is 77.7 cm³/mol. The van der Waals surface area contributed by atoms with Crippen LogP contribution in [-0.2, 0) is 4.74 Å². The first kappa shape index (κ1) is 13.4. The molecule has 0 radical (unpaired) electrons. The van der Waals surface area contributed by atoms with Crippen LogP contribution in [0.5, 0.6) is 0 Å². The molecule has 1 aliphatic heterocycles. The van der Waals surface area contributed by atoms with Gasteiger partial charge in [0.15, 0.2) is 0 Å². The number of nitrogens with two attached hydrogens (primary N) is 1. The molecule has 1 saturated heterocycles. The lowest BCUT2D eigenvalue weighted by molar-refractivity contribution is 0.122. The van der Waals surface area contributed by atoms with Gasteiger partial charge in [-0.05, 0) is 18.8 Å². The van der Waals surface area contributed by atoms with Crippen molar-refractivity contribution >= 4 is 17.8 Å². The van der Waals surface area contributed by atoms with E-state index in [2.05, 4.69) is 32.1 Å². The van der Waals surface area contributed by atoms with Gasteiger partial charge in [-0.15, -0.1) is 0 Å². The van der Waals surface area contributed by atoms with Gasteiger partial charge in [0.1, 0.15) is 0 Å². The Hall–Kier alpha value is -1.63. The van der Waals surface area contributed by atoms with Crippen LogP contribution in [0.1, 0.15) is 26.2 Å². The monoisotopic (exact) mass is 278 g/mol. The van der Waals surface area contributed by atoms with Gasteiger partial charge in [-0.1, -0.05) is 13.3 Å². The number of nitrogens with one attached hydrogen (secondary N) is 1. The minimum absolute atomic E-state index is 0.273. The molecule has 20 heavy (non-hydrogen) atoms. The molecule has 7 nitrogen and oxygen atoms in total. The van der Waals surface area contributed by atoms with Crippen molar-refractivity contribution in [1.82, 2.24) is 15.0 Å². The van der Waals surface area contributed by atoms with Crippen molar-refractivity contribution in [2.75, 3.05) is 42.3 Å². The van der Waals surface area contributed by atoms with E-state index in [-0.39, 0.29) is 5.95 Å². The van der Waals surface area contributed by atoms with Crippen molar-refractivity contribution in [2.24, 2.45) is 5.92 Å². The summed E-state index contributed by atoms with van der Waals surface area (Å²) in [6.07, 6.45) is 3.68. The molecule has 0 spiro atoms. The van der Waals surface area contributed by atoms with Crippen molar-refractivity contribution in [3.8, 4) is 0 Å². The fraction of sp³-hybridized carbons (Fsp3) is 0.769. The van der Waals surface area contributed by atoms with Gasteiger partial charge in [0.2, 0.25) is 17.8 Å². The second-order valence-electron chi connectivity index (χ2n) is 5.58. The average Bonchev–Trinajstić information content (AvgIpc) is 2.85. The molecule has 110 valence electrons. The SMILES string of the molecule is CC1CCCC1Nc1nc(N)nc(N2CCOCC2)n1. The van der Waals surface area contributed by atoms with Gasteiger partial charge in [0.25, 0.3) is 0 Å². The predicted octanol–water partition coefficient (Wildman–Crippen LogP) is 0.891. The summed E-state index contributed by atoms with van der Waals surface area (Å²) in [5, 5.41) is 3.41. The maximum atomic E-state index is 5.81. The minimum Gasteiger partial charge on any atom is -0.378 e. The standard InChI is InChI=1S/C13H22N6O/c1-9-3-2-4-10(9)15-12-16-11(14)17-13(18-12)19-5-7-20-8-6-19/h9-10H,2-8H2,1H3,(H3,14,15,16,17,18). The van der Waals surface area contributed by atoms with Crippen LogP contribution in [-0.4, -0.2) is 47.3 Å². The van der Waals surface area contributed by atoms with Crippen molar-refractivity contribution < 1.29 is 4.74 Å². The van der Waals surface area contributed by atoms with Crippen molar-refractivity contribution in [3.05, 3.63) is 0 Å². The van der Waals surface area contributed by atoms with E-state index in [1.54, 1.807) is 0 Å². The Balaban J connectivity index is 1.75. The van der Waals surface area contributed by atoms with Crippen LogP contribution in [0.4, 0.5) is 17.8 Å². The molecule has 1 saturated carbocycles.